The first-order valence-electron chi connectivity index (χ1n) is 6.19. The Morgan fingerprint density at radius 2 is 2.15 bits per heavy atom. The van der Waals surface area contributed by atoms with Crippen LogP contribution in [0, 0.1) is 17.7 Å². The average Bonchev–Trinajstić information content (AvgIpc) is 2.29. The molecule has 1 amide bonds. The summed E-state index contributed by atoms with van der Waals surface area (Å²) in [4.78, 5) is 11.3. The van der Waals surface area contributed by atoms with Crippen LogP contribution < -0.4 is 5.32 Å². The van der Waals surface area contributed by atoms with Crippen LogP contribution in [0.5, 0.6) is 0 Å². The summed E-state index contributed by atoms with van der Waals surface area (Å²) in [6, 6.07) is 4.40. The van der Waals surface area contributed by atoms with Crippen molar-refractivity contribution in [3.05, 3.63) is 34.6 Å². The molecule has 0 heterocycles. The lowest BCUT2D eigenvalue weighted by Gasteiger charge is -2.19. The monoisotopic (exact) mass is 297 g/mol. The largest absolute Gasteiger partial charge is 0.444 e. The van der Waals surface area contributed by atoms with Crippen LogP contribution in [-0.4, -0.2) is 18.2 Å². The smallest absolute Gasteiger partial charge is 0.407 e. The molecule has 0 saturated heterocycles. The summed E-state index contributed by atoms with van der Waals surface area (Å²) in [5.41, 5.74) is -0.359. The predicted molar refractivity (Wildman–Crippen MR) is 77.1 cm³/mol. The molecule has 1 rings (SSSR count). The van der Waals surface area contributed by atoms with E-state index in [0.717, 1.165) is 0 Å². The molecule has 0 radical (unpaired) electrons. The Kier molecular flexibility index (Phi) is 5.84. The van der Waals surface area contributed by atoms with E-state index in [1.165, 1.54) is 12.1 Å². The number of hydrogen-bond acceptors (Lipinski definition) is 2. The van der Waals surface area contributed by atoms with Gasteiger partial charge in [0.05, 0.1) is 10.6 Å². The molecule has 0 aliphatic carbocycles. The molecule has 20 heavy (non-hydrogen) atoms. The van der Waals surface area contributed by atoms with Crippen molar-refractivity contribution in [3.63, 3.8) is 0 Å². The molecular weight excluding hydrogens is 281 g/mol. The number of rotatable bonds is 2. The number of benzene rings is 1. The van der Waals surface area contributed by atoms with Gasteiger partial charge in [-0.05, 0) is 32.9 Å². The number of nitrogens with one attached hydrogen (secondary N) is 1. The minimum atomic E-state index is -0.531. The molecule has 0 atom stereocenters. The number of carbonyl (C=O) groups is 1. The van der Waals surface area contributed by atoms with Gasteiger partial charge in [0.15, 0.2) is 0 Å². The van der Waals surface area contributed by atoms with Crippen LogP contribution >= 0.6 is 11.6 Å². The molecule has 0 aliphatic heterocycles. The van der Waals surface area contributed by atoms with Gasteiger partial charge in [-0.2, -0.15) is 0 Å². The number of halogens is 2. The van der Waals surface area contributed by atoms with Crippen molar-refractivity contribution >= 4 is 17.7 Å². The van der Waals surface area contributed by atoms with Crippen molar-refractivity contribution in [3.8, 4) is 11.8 Å². The fraction of sp³-hybridized carbons (Fsp3) is 0.400. The first-order chi connectivity index (χ1) is 9.29. The quantitative estimate of drug-likeness (QED) is 0.667. The van der Waals surface area contributed by atoms with Crippen molar-refractivity contribution in [2.75, 3.05) is 6.54 Å². The Bertz CT molecular complexity index is 521. The molecule has 5 heteroatoms. The SMILES string of the molecule is CC(C)(C)OC(=O)NCCC#Cc1c(F)cccc1Cl. The summed E-state index contributed by atoms with van der Waals surface area (Å²) in [7, 11) is 0. The number of carbonyl (C=O) groups excluding carboxylic acids is 1. The summed E-state index contributed by atoms with van der Waals surface area (Å²) in [5, 5.41) is 2.84. The van der Waals surface area contributed by atoms with Crippen LogP contribution in [0.1, 0.15) is 32.8 Å². The van der Waals surface area contributed by atoms with E-state index in [4.69, 9.17) is 16.3 Å². The van der Waals surface area contributed by atoms with Gasteiger partial charge in [-0.3, -0.25) is 0 Å². The van der Waals surface area contributed by atoms with Crippen LogP contribution in [0.4, 0.5) is 9.18 Å². The molecule has 0 aliphatic rings. The van der Waals surface area contributed by atoms with Crippen LogP contribution in [0.2, 0.25) is 5.02 Å². The molecule has 0 fully saturated rings. The maximum atomic E-state index is 13.4. The van der Waals surface area contributed by atoms with Gasteiger partial charge >= 0.3 is 6.09 Å². The molecule has 0 saturated carbocycles. The van der Waals surface area contributed by atoms with Crippen molar-refractivity contribution < 1.29 is 13.9 Å². The van der Waals surface area contributed by atoms with E-state index in [0.29, 0.717) is 13.0 Å². The minimum absolute atomic E-state index is 0.173. The second-order valence-corrected chi connectivity index (χ2v) is 5.48. The second kappa shape index (κ2) is 7.16. The van der Waals surface area contributed by atoms with E-state index in [1.54, 1.807) is 26.8 Å². The zero-order valence-electron chi connectivity index (χ0n) is 11.7. The van der Waals surface area contributed by atoms with Gasteiger partial charge in [0.25, 0.3) is 0 Å². The normalized spacial score (nSPS) is 10.4. The molecule has 1 N–H and O–H groups in total. The summed E-state index contributed by atoms with van der Waals surface area (Å²) in [5.74, 6) is 4.96. The number of alkyl carbamates (subject to hydrolysis) is 1. The first kappa shape index (κ1) is 16.3. The third kappa shape index (κ3) is 5.94. The van der Waals surface area contributed by atoms with E-state index >= 15 is 0 Å². The number of amides is 1. The van der Waals surface area contributed by atoms with Crippen molar-refractivity contribution in [2.45, 2.75) is 32.8 Å². The van der Waals surface area contributed by atoms with E-state index in [-0.39, 0.29) is 10.6 Å². The lowest BCUT2D eigenvalue weighted by Crippen LogP contribution is -2.32. The molecule has 0 spiro atoms. The van der Waals surface area contributed by atoms with Crippen LogP contribution in [-0.2, 0) is 4.74 Å². The van der Waals surface area contributed by atoms with Gasteiger partial charge in [-0.1, -0.05) is 29.5 Å². The third-order valence-corrected chi connectivity index (χ3v) is 2.41. The molecule has 108 valence electrons. The number of hydrogen-bond donors (Lipinski definition) is 1. The highest BCUT2D eigenvalue weighted by Gasteiger charge is 2.15. The van der Waals surface area contributed by atoms with Gasteiger partial charge in [-0.25, -0.2) is 9.18 Å². The highest BCUT2D eigenvalue weighted by atomic mass is 35.5. The Morgan fingerprint density at radius 1 is 1.45 bits per heavy atom. The minimum Gasteiger partial charge on any atom is -0.444 e. The van der Waals surface area contributed by atoms with Crippen molar-refractivity contribution in [2.24, 2.45) is 0 Å². The van der Waals surface area contributed by atoms with E-state index in [9.17, 15) is 9.18 Å². The van der Waals surface area contributed by atoms with E-state index < -0.39 is 17.5 Å². The van der Waals surface area contributed by atoms with E-state index in [1.807, 2.05) is 0 Å². The van der Waals surface area contributed by atoms with Crippen LogP contribution in [0.15, 0.2) is 18.2 Å². The average molecular weight is 298 g/mol. The third-order valence-electron chi connectivity index (χ3n) is 2.09. The second-order valence-electron chi connectivity index (χ2n) is 5.08. The first-order valence-corrected chi connectivity index (χ1v) is 6.57. The van der Waals surface area contributed by atoms with Gasteiger partial charge in [0.1, 0.15) is 11.4 Å². The number of ether oxygens (including phenoxy) is 1. The topological polar surface area (TPSA) is 38.3 Å². The Hall–Kier alpha value is -1.73. The highest BCUT2D eigenvalue weighted by Crippen LogP contribution is 2.17. The lowest BCUT2D eigenvalue weighted by atomic mass is 10.2. The predicted octanol–water partition coefficient (Wildman–Crippen LogP) is 3.75. The lowest BCUT2D eigenvalue weighted by molar-refractivity contribution is 0.0529. The zero-order valence-corrected chi connectivity index (χ0v) is 12.5. The zero-order chi connectivity index (χ0) is 15.2. The fourth-order valence-corrected chi connectivity index (χ4v) is 1.52. The Labute approximate surface area is 123 Å². The fourth-order valence-electron chi connectivity index (χ4n) is 1.31. The summed E-state index contributed by atoms with van der Waals surface area (Å²) < 4.78 is 18.5. The van der Waals surface area contributed by atoms with Crippen molar-refractivity contribution in [1.29, 1.82) is 0 Å². The van der Waals surface area contributed by atoms with E-state index in [2.05, 4.69) is 17.2 Å². The molecule has 0 unspecified atom stereocenters. The maximum absolute atomic E-state index is 13.4. The maximum Gasteiger partial charge on any atom is 0.407 e. The Balaban J connectivity index is 2.43. The van der Waals surface area contributed by atoms with Gasteiger partial charge in [0.2, 0.25) is 0 Å². The molecular formula is C15H17ClFNO2. The van der Waals surface area contributed by atoms with Crippen molar-refractivity contribution in [1.82, 2.24) is 5.32 Å². The van der Waals surface area contributed by atoms with Gasteiger partial charge < -0.3 is 10.1 Å². The molecule has 0 aromatic heterocycles. The van der Waals surface area contributed by atoms with Gasteiger partial charge in [0, 0.05) is 13.0 Å². The highest BCUT2D eigenvalue weighted by molar-refractivity contribution is 6.31. The van der Waals surface area contributed by atoms with Crippen LogP contribution in [0.25, 0.3) is 0 Å². The van der Waals surface area contributed by atoms with Gasteiger partial charge in [-0.15, -0.1) is 0 Å². The molecule has 3 nitrogen and oxygen atoms in total. The Morgan fingerprint density at radius 3 is 2.75 bits per heavy atom. The standard InChI is InChI=1S/C15H17ClFNO2/c1-15(2,3)20-14(19)18-10-5-4-7-11-12(16)8-6-9-13(11)17/h6,8-9H,5,10H2,1-3H3,(H,18,19). The summed E-state index contributed by atoms with van der Waals surface area (Å²) in [6.45, 7) is 5.68. The molecule has 0 bridgehead atoms. The van der Waals surface area contributed by atoms with Crippen LogP contribution in [0.3, 0.4) is 0 Å². The molecule has 1 aromatic carbocycles. The summed E-state index contributed by atoms with van der Waals surface area (Å²) >= 11 is 5.83. The summed E-state index contributed by atoms with van der Waals surface area (Å²) in [6.07, 6.45) is -0.118. The molecule has 1 aromatic rings.